The van der Waals surface area contributed by atoms with Gasteiger partial charge in [0.1, 0.15) is 11.6 Å². The van der Waals surface area contributed by atoms with Gasteiger partial charge in [-0.3, -0.25) is 4.79 Å². The SMILES string of the molecule is [2H]CC(C)(C)OC[C@H](N)C(=O)OC(C)(C)C. The van der Waals surface area contributed by atoms with E-state index in [9.17, 15) is 4.79 Å². The second-order valence-electron chi connectivity index (χ2n) is 5.21. The second kappa shape index (κ2) is 4.94. The summed E-state index contributed by atoms with van der Waals surface area (Å²) in [6.07, 6.45) is 0. The van der Waals surface area contributed by atoms with Crippen LogP contribution in [0.5, 0.6) is 0 Å². The Morgan fingerprint density at radius 3 is 2.27 bits per heavy atom. The summed E-state index contributed by atoms with van der Waals surface area (Å²) in [5, 5.41) is 0. The molecule has 0 aromatic rings. The first-order valence-corrected chi connectivity index (χ1v) is 4.99. The third kappa shape index (κ3) is 8.39. The number of ether oxygens (including phenoxy) is 2. The molecule has 0 saturated heterocycles. The van der Waals surface area contributed by atoms with Gasteiger partial charge in [-0.1, -0.05) is 0 Å². The summed E-state index contributed by atoms with van der Waals surface area (Å²) >= 11 is 0. The van der Waals surface area contributed by atoms with Crippen LogP contribution in [0.3, 0.4) is 0 Å². The molecule has 1 atom stereocenters. The minimum Gasteiger partial charge on any atom is -0.459 e. The summed E-state index contributed by atoms with van der Waals surface area (Å²) in [5.41, 5.74) is 4.50. The number of hydrogen-bond donors (Lipinski definition) is 1. The van der Waals surface area contributed by atoms with E-state index in [0.717, 1.165) is 0 Å². The number of nitrogens with two attached hydrogens (primary N) is 1. The summed E-state index contributed by atoms with van der Waals surface area (Å²) in [6.45, 7) is 9.10. The molecule has 0 rings (SSSR count). The van der Waals surface area contributed by atoms with Gasteiger partial charge in [-0.05, 0) is 41.5 Å². The molecule has 0 aliphatic carbocycles. The lowest BCUT2D eigenvalue weighted by Crippen LogP contribution is -2.42. The van der Waals surface area contributed by atoms with E-state index in [2.05, 4.69) is 0 Å². The van der Waals surface area contributed by atoms with E-state index in [-0.39, 0.29) is 13.5 Å². The van der Waals surface area contributed by atoms with Gasteiger partial charge in [0, 0.05) is 1.37 Å². The Hall–Kier alpha value is -0.610. The van der Waals surface area contributed by atoms with Crippen LogP contribution >= 0.6 is 0 Å². The van der Waals surface area contributed by atoms with E-state index in [1.165, 1.54) is 0 Å². The standard InChI is InChI=1S/C11H23NO3/c1-10(2,3)14-7-8(12)9(13)15-11(4,5)6/h8H,7,12H2,1-6H3/t8-/m0/s1/i1D. The van der Waals surface area contributed by atoms with Gasteiger partial charge in [0.15, 0.2) is 0 Å². The van der Waals surface area contributed by atoms with Crippen LogP contribution in [0.2, 0.25) is 0 Å². The highest BCUT2D eigenvalue weighted by molar-refractivity contribution is 5.76. The van der Waals surface area contributed by atoms with Crippen LogP contribution in [0.15, 0.2) is 0 Å². The summed E-state index contributed by atoms with van der Waals surface area (Å²) in [7, 11) is 0. The molecule has 2 N–H and O–H groups in total. The highest BCUT2D eigenvalue weighted by Gasteiger charge is 2.23. The third-order valence-corrected chi connectivity index (χ3v) is 1.36. The van der Waals surface area contributed by atoms with E-state index in [1.807, 2.05) is 0 Å². The molecule has 0 aromatic carbocycles. The van der Waals surface area contributed by atoms with E-state index in [1.54, 1.807) is 34.6 Å². The van der Waals surface area contributed by atoms with Crippen LogP contribution in [-0.4, -0.2) is 29.8 Å². The fourth-order valence-electron chi connectivity index (χ4n) is 0.761. The molecule has 0 saturated carbocycles. The van der Waals surface area contributed by atoms with Crippen molar-refractivity contribution in [1.82, 2.24) is 0 Å². The molecule has 4 nitrogen and oxygen atoms in total. The van der Waals surface area contributed by atoms with Gasteiger partial charge in [-0.2, -0.15) is 0 Å². The Kier molecular flexibility index (Phi) is 4.11. The highest BCUT2D eigenvalue weighted by Crippen LogP contribution is 2.10. The fraction of sp³-hybridized carbons (Fsp3) is 0.909. The molecule has 0 unspecified atom stereocenters. The van der Waals surface area contributed by atoms with Crippen molar-refractivity contribution in [2.45, 2.75) is 58.8 Å². The first-order valence-electron chi connectivity index (χ1n) is 5.70. The van der Waals surface area contributed by atoms with Crippen LogP contribution in [0.1, 0.15) is 42.9 Å². The summed E-state index contributed by atoms with van der Waals surface area (Å²) in [5.74, 6) is -0.478. The molecular weight excluding hydrogens is 194 g/mol. The van der Waals surface area contributed by atoms with Crippen molar-refractivity contribution in [3.05, 3.63) is 0 Å². The van der Waals surface area contributed by atoms with Gasteiger partial charge < -0.3 is 15.2 Å². The van der Waals surface area contributed by atoms with Crippen molar-refractivity contribution in [2.75, 3.05) is 6.61 Å². The molecule has 0 radical (unpaired) electrons. The number of esters is 1. The van der Waals surface area contributed by atoms with Crippen molar-refractivity contribution < 1.29 is 15.6 Å². The van der Waals surface area contributed by atoms with Crippen LogP contribution in [0.4, 0.5) is 0 Å². The first kappa shape index (κ1) is 12.5. The Bertz CT molecular complexity index is 236. The van der Waals surface area contributed by atoms with Crippen LogP contribution in [0, 0.1) is 0 Å². The molecular formula is C11H23NO3. The largest absolute Gasteiger partial charge is 0.459 e. The van der Waals surface area contributed by atoms with Gasteiger partial charge in [-0.25, -0.2) is 0 Å². The average molecular weight is 218 g/mol. The first-order chi connectivity index (χ1) is 7.07. The topological polar surface area (TPSA) is 61.5 Å². The molecule has 0 amide bonds. The Morgan fingerprint density at radius 2 is 1.87 bits per heavy atom. The molecule has 4 heteroatoms. The highest BCUT2D eigenvalue weighted by atomic mass is 16.6. The molecule has 0 aromatic heterocycles. The molecule has 0 bridgehead atoms. The van der Waals surface area contributed by atoms with E-state index >= 15 is 0 Å². The molecule has 15 heavy (non-hydrogen) atoms. The Labute approximate surface area is 93.5 Å². The van der Waals surface area contributed by atoms with Gasteiger partial charge in [0.05, 0.1) is 12.2 Å². The summed E-state index contributed by atoms with van der Waals surface area (Å²) < 4.78 is 17.7. The Morgan fingerprint density at radius 1 is 1.33 bits per heavy atom. The monoisotopic (exact) mass is 218 g/mol. The Balaban J connectivity index is 4.08. The molecule has 0 aliphatic heterocycles. The van der Waals surface area contributed by atoms with Crippen LogP contribution < -0.4 is 5.73 Å². The lowest BCUT2D eigenvalue weighted by atomic mass is 10.2. The van der Waals surface area contributed by atoms with E-state index in [4.69, 9.17) is 16.6 Å². The predicted molar refractivity (Wildman–Crippen MR) is 59.5 cm³/mol. The van der Waals surface area contributed by atoms with Gasteiger partial charge >= 0.3 is 5.97 Å². The van der Waals surface area contributed by atoms with Gasteiger partial charge in [-0.15, -0.1) is 0 Å². The van der Waals surface area contributed by atoms with Crippen LogP contribution in [0.25, 0.3) is 0 Å². The van der Waals surface area contributed by atoms with Crippen molar-refractivity contribution in [1.29, 1.82) is 0 Å². The molecule has 0 spiro atoms. The quantitative estimate of drug-likeness (QED) is 0.729. The normalized spacial score (nSPS) is 15.7. The fourth-order valence-corrected chi connectivity index (χ4v) is 0.761. The average Bonchev–Trinajstić information content (AvgIpc) is 2.11. The number of carbonyl (C=O) groups is 1. The maximum Gasteiger partial charge on any atom is 0.325 e. The number of rotatable bonds is 3. The van der Waals surface area contributed by atoms with E-state index < -0.39 is 23.2 Å². The van der Waals surface area contributed by atoms with Crippen molar-refractivity contribution >= 4 is 5.97 Å². The molecule has 0 heterocycles. The maximum atomic E-state index is 11.5. The molecule has 0 fully saturated rings. The van der Waals surface area contributed by atoms with E-state index in [0.29, 0.717) is 0 Å². The summed E-state index contributed by atoms with van der Waals surface area (Å²) in [6, 6.07) is -0.801. The number of hydrogen-bond acceptors (Lipinski definition) is 4. The van der Waals surface area contributed by atoms with Crippen molar-refractivity contribution in [2.24, 2.45) is 5.73 Å². The smallest absolute Gasteiger partial charge is 0.325 e. The predicted octanol–water partition coefficient (Wildman–Crippen LogP) is 1.47. The number of carbonyl (C=O) groups excluding carboxylic acids is 1. The second-order valence-corrected chi connectivity index (χ2v) is 5.21. The zero-order valence-corrected chi connectivity index (χ0v) is 10.3. The summed E-state index contributed by atoms with van der Waals surface area (Å²) in [4.78, 5) is 11.5. The minimum atomic E-state index is -0.801. The lowest BCUT2D eigenvalue weighted by Gasteiger charge is -2.25. The van der Waals surface area contributed by atoms with Crippen molar-refractivity contribution in [3.63, 3.8) is 0 Å². The minimum absolute atomic E-state index is 0.0702. The lowest BCUT2D eigenvalue weighted by molar-refractivity contribution is -0.159. The van der Waals surface area contributed by atoms with Gasteiger partial charge in [0.2, 0.25) is 0 Å². The zero-order valence-electron chi connectivity index (χ0n) is 11.3. The molecule has 0 aliphatic rings. The van der Waals surface area contributed by atoms with Crippen LogP contribution in [-0.2, 0) is 14.3 Å². The molecule has 90 valence electrons. The maximum absolute atomic E-state index is 11.5. The van der Waals surface area contributed by atoms with Crippen molar-refractivity contribution in [3.8, 4) is 0 Å². The zero-order chi connectivity index (χ0) is 13.0. The third-order valence-electron chi connectivity index (χ3n) is 1.36. The van der Waals surface area contributed by atoms with Gasteiger partial charge in [0.25, 0.3) is 0 Å².